The van der Waals surface area contributed by atoms with Crippen LogP contribution in [-0.2, 0) is 16.6 Å². The van der Waals surface area contributed by atoms with Crippen molar-refractivity contribution in [3.05, 3.63) is 71.4 Å². The highest BCUT2D eigenvalue weighted by molar-refractivity contribution is 5.96. The average molecular weight is 477 g/mol. The summed E-state index contributed by atoms with van der Waals surface area (Å²) in [6, 6.07) is 16.5. The standard InChI is InChI=1S/C26H28N4O5/c1-4-15(2)23(25(32)33)28-24(31)21-13-22(29-30(21)3)27-26(34)35-14-20-18-11-7-5-9-16(18)17-10-6-8-12-19(17)20/h5-13,15,20,23H,4,14H2,1-3H3,(H,28,31)(H,32,33)(H,27,29,34)/t15-,23-/m0/s1. The van der Waals surface area contributed by atoms with E-state index in [4.69, 9.17) is 4.74 Å². The highest BCUT2D eigenvalue weighted by atomic mass is 16.5. The lowest BCUT2D eigenvalue weighted by atomic mass is 9.98. The fraction of sp³-hybridized carbons (Fsp3) is 0.308. The Morgan fingerprint density at radius 3 is 2.26 bits per heavy atom. The van der Waals surface area contributed by atoms with Gasteiger partial charge in [-0.25, -0.2) is 9.59 Å². The van der Waals surface area contributed by atoms with Gasteiger partial charge in [0.2, 0.25) is 0 Å². The number of carboxylic acid groups (broad SMARTS) is 1. The van der Waals surface area contributed by atoms with Crippen molar-refractivity contribution in [1.82, 2.24) is 15.1 Å². The van der Waals surface area contributed by atoms with Crippen LogP contribution in [0.3, 0.4) is 0 Å². The van der Waals surface area contributed by atoms with Crippen LogP contribution in [0.5, 0.6) is 0 Å². The zero-order chi connectivity index (χ0) is 25.1. The van der Waals surface area contributed by atoms with E-state index in [-0.39, 0.29) is 30.0 Å². The Bertz CT molecular complexity index is 1220. The Labute approximate surface area is 203 Å². The molecule has 9 nitrogen and oxygen atoms in total. The first-order valence-electron chi connectivity index (χ1n) is 11.5. The molecule has 2 aromatic carbocycles. The van der Waals surface area contributed by atoms with Gasteiger partial charge < -0.3 is 15.2 Å². The van der Waals surface area contributed by atoms with Crippen molar-refractivity contribution in [3.8, 4) is 11.1 Å². The Morgan fingerprint density at radius 2 is 1.69 bits per heavy atom. The summed E-state index contributed by atoms with van der Waals surface area (Å²) in [6.45, 7) is 3.76. The van der Waals surface area contributed by atoms with Gasteiger partial charge in [-0.3, -0.25) is 14.8 Å². The number of nitrogens with zero attached hydrogens (tertiary/aromatic N) is 2. The summed E-state index contributed by atoms with van der Waals surface area (Å²) in [5, 5.41) is 18.6. The van der Waals surface area contributed by atoms with Crippen molar-refractivity contribution in [3.63, 3.8) is 0 Å². The SMILES string of the molecule is CC[C@H](C)[C@H](NC(=O)c1cc(NC(=O)OCC2c3ccccc3-c3ccccc32)nn1C)C(=O)O. The van der Waals surface area contributed by atoms with Crippen LogP contribution in [-0.4, -0.2) is 45.5 Å². The number of aromatic nitrogens is 2. The molecular weight excluding hydrogens is 448 g/mol. The summed E-state index contributed by atoms with van der Waals surface area (Å²) in [5.41, 5.74) is 4.60. The summed E-state index contributed by atoms with van der Waals surface area (Å²) in [5.74, 6) is -1.89. The van der Waals surface area contributed by atoms with Crippen LogP contribution in [0, 0.1) is 5.92 Å². The molecule has 3 N–H and O–H groups in total. The van der Waals surface area contributed by atoms with Crippen molar-refractivity contribution in [1.29, 1.82) is 0 Å². The minimum absolute atomic E-state index is 0.0771. The number of hydrogen-bond donors (Lipinski definition) is 3. The van der Waals surface area contributed by atoms with Crippen molar-refractivity contribution in [2.45, 2.75) is 32.2 Å². The predicted molar refractivity (Wildman–Crippen MR) is 130 cm³/mol. The third-order valence-corrected chi connectivity index (χ3v) is 6.45. The number of aryl methyl sites for hydroxylation is 1. The number of carbonyl (C=O) groups excluding carboxylic acids is 2. The van der Waals surface area contributed by atoms with Gasteiger partial charge in [-0.1, -0.05) is 68.8 Å². The number of amides is 2. The second-order valence-corrected chi connectivity index (χ2v) is 8.66. The smallest absolute Gasteiger partial charge is 0.412 e. The van der Waals surface area contributed by atoms with E-state index in [9.17, 15) is 19.5 Å². The number of rotatable bonds is 8. The lowest BCUT2D eigenvalue weighted by Crippen LogP contribution is -2.45. The minimum atomic E-state index is -1.10. The Kier molecular flexibility index (Phi) is 6.86. The average Bonchev–Trinajstić information content (AvgIpc) is 3.37. The molecule has 9 heteroatoms. The van der Waals surface area contributed by atoms with Crippen LogP contribution in [0.4, 0.5) is 10.6 Å². The van der Waals surface area contributed by atoms with Gasteiger partial charge in [-0.15, -0.1) is 0 Å². The summed E-state index contributed by atoms with van der Waals surface area (Å²) in [6.07, 6.45) is -0.100. The lowest BCUT2D eigenvalue weighted by molar-refractivity contribution is -0.140. The zero-order valence-electron chi connectivity index (χ0n) is 19.8. The monoisotopic (exact) mass is 476 g/mol. The van der Waals surface area contributed by atoms with E-state index >= 15 is 0 Å². The lowest BCUT2D eigenvalue weighted by Gasteiger charge is -2.19. The molecule has 0 bridgehead atoms. The Balaban J connectivity index is 1.41. The number of hydrogen-bond acceptors (Lipinski definition) is 5. The third-order valence-electron chi connectivity index (χ3n) is 6.45. The van der Waals surface area contributed by atoms with Crippen LogP contribution in [0.2, 0.25) is 0 Å². The zero-order valence-corrected chi connectivity index (χ0v) is 19.8. The van der Waals surface area contributed by atoms with Crippen LogP contribution in [0.1, 0.15) is 47.8 Å². The molecule has 2 atom stereocenters. The molecule has 1 aromatic heterocycles. The van der Waals surface area contributed by atoms with Gasteiger partial charge in [0, 0.05) is 19.0 Å². The topological polar surface area (TPSA) is 123 Å². The molecule has 1 aliphatic carbocycles. The maximum absolute atomic E-state index is 12.7. The maximum atomic E-state index is 12.7. The van der Waals surface area contributed by atoms with Crippen LogP contribution in [0.15, 0.2) is 54.6 Å². The van der Waals surface area contributed by atoms with E-state index in [0.717, 1.165) is 22.3 Å². The van der Waals surface area contributed by atoms with Crippen molar-refractivity contribution in [2.24, 2.45) is 13.0 Å². The fourth-order valence-electron chi connectivity index (χ4n) is 4.38. The normalized spacial score (nSPS) is 13.9. The number of benzene rings is 2. The number of anilines is 1. The molecule has 0 radical (unpaired) electrons. The number of nitrogens with one attached hydrogen (secondary N) is 2. The van der Waals surface area contributed by atoms with Crippen molar-refractivity contribution >= 4 is 23.8 Å². The quantitative estimate of drug-likeness (QED) is 0.452. The number of carbonyl (C=O) groups is 3. The Hall–Kier alpha value is -4.14. The molecule has 0 fully saturated rings. The molecule has 35 heavy (non-hydrogen) atoms. The van der Waals surface area contributed by atoms with Crippen molar-refractivity contribution in [2.75, 3.05) is 11.9 Å². The van der Waals surface area contributed by atoms with E-state index in [1.54, 1.807) is 6.92 Å². The van der Waals surface area contributed by atoms with E-state index < -0.39 is 24.0 Å². The van der Waals surface area contributed by atoms with Gasteiger partial charge in [-0.2, -0.15) is 5.10 Å². The van der Waals surface area contributed by atoms with Crippen LogP contribution >= 0.6 is 0 Å². The summed E-state index contributed by atoms with van der Waals surface area (Å²) < 4.78 is 6.80. The molecule has 4 rings (SSSR count). The molecular formula is C26H28N4O5. The van der Waals surface area contributed by atoms with Crippen molar-refractivity contribution < 1.29 is 24.2 Å². The molecule has 1 aliphatic rings. The molecule has 0 aliphatic heterocycles. The fourth-order valence-corrected chi connectivity index (χ4v) is 4.38. The molecule has 182 valence electrons. The number of ether oxygens (including phenoxy) is 1. The second-order valence-electron chi connectivity index (χ2n) is 8.66. The van der Waals surface area contributed by atoms with Gasteiger partial charge in [0.05, 0.1) is 0 Å². The third kappa shape index (κ3) is 4.89. The van der Waals surface area contributed by atoms with E-state index in [1.165, 1.54) is 17.8 Å². The Morgan fingerprint density at radius 1 is 1.09 bits per heavy atom. The summed E-state index contributed by atoms with van der Waals surface area (Å²) >= 11 is 0. The maximum Gasteiger partial charge on any atom is 0.412 e. The molecule has 0 saturated carbocycles. The highest BCUT2D eigenvalue weighted by Gasteiger charge is 2.30. The largest absolute Gasteiger partial charge is 0.480 e. The minimum Gasteiger partial charge on any atom is -0.480 e. The van der Waals surface area contributed by atoms with E-state index in [0.29, 0.717) is 6.42 Å². The molecule has 0 saturated heterocycles. The van der Waals surface area contributed by atoms with Crippen LogP contribution < -0.4 is 10.6 Å². The van der Waals surface area contributed by atoms with Gasteiger partial charge in [-0.05, 0) is 28.2 Å². The highest BCUT2D eigenvalue weighted by Crippen LogP contribution is 2.44. The first-order chi connectivity index (χ1) is 16.8. The molecule has 0 unspecified atom stereocenters. The van der Waals surface area contributed by atoms with E-state index in [1.807, 2.05) is 43.3 Å². The van der Waals surface area contributed by atoms with Gasteiger partial charge in [0.25, 0.3) is 5.91 Å². The van der Waals surface area contributed by atoms with Crippen LogP contribution in [0.25, 0.3) is 11.1 Å². The molecule has 2 amide bonds. The number of carboxylic acids is 1. The number of aliphatic carboxylic acids is 1. The van der Waals surface area contributed by atoms with Gasteiger partial charge in [0.1, 0.15) is 18.3 Å². The molecule has 3 aromatic rings. The van der Waals surface area contributed by atoms with Gasteiger partial charge in [0.15, 0.2) is 5.82 Å². The second kappa shape index (κ2) is 10.0. The van der Waals surface area contributed by atoms with E-state index in [2.05, 4.69) is 27.9 Å². The van der Waals surface area contributed by atoms with Gasteiger partial charge >= 0.3 is 12.1 Å². The molecule has 0 spiro atoms. The number of fused-ring (bicyclic) bond motifs is 3. The predicted octanol–water partition coefficient (Wildman–Crippen LogP) is 4.01. The molecule has 1 heterocycles. The first-order valence-corrected chi connectivity index (χ1v) is 11.5. The summed E-state index contributed by atoms with van der Waals surface area (Å²) in [4.78, 5) is 36.7. The first kappa shape index (κ1) is 24.0. The summed E-state index contributed by atoms with van der Waals surface area (Å²) in [7, 11) is 1.54.